The summed E-state index contributed by atoms with van der Waals surface area (Å²) >= 11 is 0. The molecule has 0 atom stereocenters. The Labute approximate surface area is 134 Å². The molecule has 0 saturated heterocycles. The minimum Gasteiger partial charge on any atom is -0.369 e. The molecule has 0 aliphatic carbocycles. The minimum atomic E-state index is -5.29. The van der Waals surface area contributed by atoms with E-state index in [0.717, 1.165) is 0 Å². The summed E-state index contributed by atoms with van der Waals surface area (Å²) in [6.45, 7) is 1.56. The molecule has 1 amide bonds. The molecule has 0 radical (unpaired) electrons. The lowest BCUT2D eigenvalue weighted by Crippen LogP contribution is -2.30. The van der Waals surface area contributed by atoms with Crippen LogP contribution >= 0.6 is 0 Å². The van der Waals surface area contributed by atoms with Gasteiger partial charge in [0.15, 0.2) is 0 Å². The van der Waals surface area contributed by atoms with E-state index < -0.39 is 24.1 Å². The zero-order valence-corrected chi connectivity index (χ0v) is 12.3. The number of nitrogens with one attached hydrogen (secondary N) is 1. The number of ether oxygens (including phenoxy) is 1. The zero-order chi connectivity index (χ0) is 17.9. The molecule has 0 saturated carbocycles. The third-order valence-corrected chi connectivity index (χ3v) is 3.08. The average molecular weight is 341 g/mol. The highest BCUT2D eigenvalue weighted by atomic mass is 19.4. The lowest BCUT2D eigenvalue weighted by Gasteiger charge is -2.14. The topological polar surface area (TPSA) is 55.4 Å². The van der Waals surface area contributed by atoms with Gasteiger partial charge in [0.25, 0.3) is 0 Å². The Morgan fingerprint density at radius 2 is 1.62 bits per heavy atom. The third-order valence-electron chi connectivity index (χ3n) is 3.08. The largest absolute Gasteiger partial charge is 0.491 e. The molecule has 0 bridgehead atoms. The highest BCUT2D eigenvalue weighted by molar-refractivity contribution is 5.98. The van der Waals surface area contributed by atoms with Crippen molar-refractivity contribution in [1.82, 2.24) is 0 Å². The fourth-order valence-electron chi connectivity index (χ4n) is 2.01. The normalized spacial score (nSPS) is 11.0. The van der Waals surface area contributed by atoms with Gasteiger partial charge in [0.2, 0.25) is 0 Å². The number of aryl methyl sites for hydroxylation is 1. The lowest BCUT2D eigenvalue weighted by atomic mass is 10.00. The van der Waals surface area contributed by atoms with Gasteiger partial charge in [-0.15, -0.1) is 0 Å². The SMILES string of the molecule is Cc1cccc(-c2ccccc2F)c1NC(=O)OC(=O)C(F)(F)F. The highest BCUT2D eigenvalue weighted by Gasteiger charge is 2.42. The second-order valence-corrected chi connectivity index (χ2v) is 4.78. The summed E-state index contributed by atoms with van der Waals surface area (Å²) in [5.41, 5.74) is 0.873. The Hall–Kier alpha value is -2.90. The number of carbonyl (C=O) groups excluding carboxylic acids is 2. The van der Waals surface area contributed by atoms with Gasteiger partial charge in [0.05, 0.1) is 5.69 Å². The van der Waals surface area contributed by atoms with E-state index in [0.29, 0.717) is 5.56 Å². The molecule has 0 fully saturated rings. The number of halogens is 4. The molecular weight excluding hydrogens is 330 g/mol. The van der Waals surface area contributed by atoms with Crippen molar-refractivity contribution in [3.8, 4) is 11.1 Å². The van der Waals surface area contributed by atoms with Crippen LogP contribution in [0.3, 0.4) is 0 Å². The molecule has 4 nitrogen and oxygen atoms in total. The quantitative estimate of drug-likeness (QED) is 0.499. The molecule has 0 aliphatic heterocycles. The molecular formula is C16H11F4NO3. The van der Waals surface area contributed by atoms with Crippen LogP contribution in [-0.2, 0) is 9.53 Å². The Morgan fingerprint density at radius 1 is 1.00 bits per heavy atom. The maximum Gasteiger partial charge on any atom is 0.491 e. The van der Waals surface area contributed by atoms with Gasteiger partial charge in [0.1, 0.15) is 5.82 Å². The number of esters is 1. The summed E-state index contributed by atoms with van der Waals surface area (Å²) in [6.07, 6.45) is -6.90. The summed E-state index contributed by atoms with van der Waals surface area (Å²) < 4.78 is 54.0. The fraction of sp³-hybridized carbons (Fsp3) is 0.125. The maximum absolute atomic E-state index is 13.9. The van der Waals surface area contributed by atoms with Gasteiger partial charge in [-0.05, 0) is 18.6 Å². The van der Waals surface area contributed by atoms with Crippen molar-refractivity contribution in [1.29, 1.82) is 0 Å². The van der Waals surface area contributed by atoms with E-state index in [4.69, 9.17) is 0 Å². The van der Waals surface area contributed by atoms with Gasteiger partial charge in [-0.3, -0.25) is 5.32 Å². The molecule has 0 aromatic heterocycles. The van der Waals surface area contributed by atoms with Crippen LogP contribution in [0.2, 0.25) is 0 Å². The minimum absolute atomic E-state index is 0.0441. The van der Waals surface area contributed by atoms with E-state index >= 15 is 0 Å². The summed E-state index contributed by atoms with van der Waals surface area (Å²) in [5, 5.41) is 2.06. The van der Waals surface area contributed by atoms with Crippen molar-refractivity contribution in [2.24, 2.45) is 0 Å². The number of anilines is 1. The van der Waals surface area contributed by atoms with Crippen molar-refractivity contribution in [2.45, 2.75) is 13.1 Å². The number of carbonyl (C=O) groups is 2. The van der Waals surface area contributed by atoms with Crippen LogP contribution in [0.1, 0.15) is 5.56 Å². The number of benzene rings is 2. The van der Waals surface area contributed by atoms with E-state index in [1.807, 2.05) is 0 Å². The number of hydrogen-bond donors (Lipinski definition) is 1. The van der Waals surface area contributed by atoms with Crippen LogP contribution in [0.5, 0.6) is 0 Å². The van der Waals surface area contributed by atoms with Crippen molar-refractivity contribution in [2.75, 3.05) is 5.32 Å². The Balaban J connectivity index is 2.33. The zero-order valence-electron chi connectivity index (χ0n) is 12.3. The molecule has 2 rings (SSSR count). The molecule has 2 aromatic carbocycles. The number of hydrogen-bond acceptors (Lipinski definition) is 3. The van der Waals surface area contributed by atoms with E-state index in [1.54, 1.807) is 25.1 Å². The molecule has 1 N–H and O–H groups in total. The first kappa shape index (κ1) is 17.5. The molecule has 24 heavy (non-hydrogen) atoms. The van der Waals surface area contributed by atoms with Crippen LogP contribution in [0.15, 0.2) is 42.5 Å². The fourth-order valence-corrected chi connectivity index (χ4v) is 2.01. The number of alkyl halides is 3. The second-order valence-electron chi connectivity index (χ2n) is 4.78. The van der Waals surface area contributed by atoms with Crippen molar-refractivity contribution < 1.29 is 31.9 Å². The predicted molar refractivity (Wildman–Crippen MR) is 77.7 cm³/mol. The summed E-state index contributed by atoms with van der Waals surface area (Å²) in [6, 6.07) is 10.3. The van der Waals surface area contributed by atoms with Gasteiger partial charge in [0, 0.05) is 11.1 Å². The number of amides is 1. The van der Waals surface area contributed by atoms with E-state index in [1.165, 1.54) is 24.3 Å². The standard InChI is InChI=1S/C16H11F4NO3/c1-9-5-4-7-11(10-6-2-3-8-12(10)17)13(9)21-15(23)24-14(22)16(18,19)20/h2-8H,1H3,(H,21,23). The molecule has 0 spiro atoms. The first-order valence-corrected chi connectivity index (χ1v) is 6.64. The molecule has 126 valence electrons. The van der Waals surface area contributed by atoms with E-state index in [9.17, 15) is 27.2 Å². The first-order chi connectivity index (χ1) is 11.2. The van der Waals surface area contributed by atoms with Crippen LogP contribution in [0.4, 0.5) is 28.0 Å². The monoisotopic (exact) mass is 341 g/mol. The van der Waals surface area contributed by atoms with Gasteiger partial charge < -0.3 is 4.74 Å². The summed E-state index contributed by atoms with van der Waals surface area (Å²) in [7, 11) is 0. The van der Waals surface area contributed by atoms with Crippen LogP contribution in [0, 0.1) is 12.7 Å². The van der Waals surface area contributed by atoms with Gasteiger partial charge in [-0.2, -0.15) is 13.2 Å². The highest BCUT2D eigenvalue weighted by Crippen LogP contribution is 2.32. The Bertz CT molecular complexity index is 787. The summed E-state index contributed by atoms with van der Waals surface area (Å²) in [4.78, 5) is 22.2. The Morgan fingerprint density at radius 3 is 2.25 bits per heavy atom. The molecule has 0 heterocycles. The Kier molecular flexibility index (Phi) is 4.87. The van der Waals surface area contributed by atoms with Crippen molar-refractivity contribution >= 4 is 17.7 Å². The van der Waals surface area contributed by atoms with Crippen molar-refractivity contribution in [3.63, 3.8) is 0 Å². The average Bonchev–Trinajstić information content (AvgIpc) is 2.49. The van der Waals surface area contributed by atoms with Crippen LogP contribution in [0.25, 0.3) is 11.1 Å². The first-order valence-electron chi connectivity index (χ1n) is 6.64. The third kappa shape index (κ3) is 3.89. The van der Waals surface area contributed by atoms with E-state index in [-0.39, 0.29) is 16.8 Å². The van der Waals surface area contributed by atoms with Gasteiger partial charge >= 0.3 is 18.2 Å². The molecule has 2 aromatic rings. The predicted octanol–water partition coefficient (Wildman–Crippen LogP) is 4.44. The molecule has 0 unspecified atom stereocenters. The molecule has 8 heteroatoms. The van der Waals surface area contributed by atoms with Crippen LogP contribution < -0.4 is 5.32 Å². The van der Waals surface area contributed by atoms with Crippen molar-refractivity contribution in [3.05, 3.63) is 53.8 Å². The van der Waals surface area contributed by atoms with Crippen LogP contribution in [-0.4, -0.2) is 18.2 Å². The van der Waals surface area contributed by atoms with Gasteiger partial charge in [-0.25, -0.2) is 14.0 Å². The summed E-state index contributed by atoms with van der Waals surface area (Å²) in [5.74, 6) is -3.22. The lowest BCUT2D eigenvalue weighted by molar-refractivity contribution is -0.192. The van der Waals surface area contributed by atoms with E-state index in [2.05, 4.69) is 10.1 Å². The maximum atomic E-state index is 13.9. The van der Waals surface area contributed by atoms with Gasteiger partial charge in [-0.1, -0.05) is 36.4 Å². The molecule has 0 aliphatic rings. The number of para-hydroxylation sites is 1. The smallest absolute Gasteiger partial charge is 0.369 e. The second kappa shape index (κ2) is 6.69. The number of rotatable bonds is 2.